The van der Waals surface area contributed by atoms with Crippen molar-refractivity contribution in [2.24, 2.45) is 16.8 Å². The lowest BCUT2D eigenvalue weighted by Gasteiger charge is -2.35. The molecule has 0 aliphatic carbocycles. The summed E-state index contributed by atoms with van der Waals surface area (Å²) in [6.07, 6.45) is 4.19. The van der Waals surface area contributed by atoms with Gasteiger partial charge in [0.15, 0.2) is 5.96 Å². The van der Waals surface area contributed by atoms with Gasteiger partial charge < -0.3 is 15.5 Å². The van der Waals surface area contributed by atoms with Crippen LogP contribution in [0.15, 0.2) is 4.99 Å². The van der Waals surface area contributed by atoms with Crippen molar-refractivity contribution in [3.8, 4) is 0 Å². The summed E-state index contributed by atoms with van der Waals surface area (Å²) < 4.78 is 25.6. The Bertz CT molecular complexity index is 577. The van der Waals surface area contributed by atoms with Crippen LogP contribution in [0.1, 0.15) is 46.5 Å². The number of hydrogen-bond acceptors (Lipinski definition) is 4. The molecule has 166 valence electrons. The zero-order valence-electron chi connectivity index (χ0n) is 18.0. The summed E-state index contributed by atoms with van der Waals surface area (Å²) in [4.78, 5) is 6.95. The predicted octanol–water partition coefficient (Wildman–Crippen LogP) is 1.95. The van der Waals surface area contributed by atoms with E-state index < -0.39 is 10.0 Å². The van der Waals surface area contributed by atoms with Crippen LogP contribution < -0.4 is 10.6 Å². The molecule has 0 aromatic rings. The molecule has 2 saturated heterocycles. The molecule has 2 rings (SSSR count). The van der Waals surface area contributed by atoms with Crippen LogP contribution >= 0.6 is 24.0 Å². The molecule has 28 heavy (non-hydrogen) atoms. The van der Waals surface area contributed by atoms with Crippen molar-refractivity contribution in [2.45, 2.75) is 52.5 Å². The second kappa shape index (κ2) is 12.5. The average molecular weight is 530 g/mol. The molecule has 9 heteroatoms. The van der Waals surface area contributed by atoms with Gasteiger partial charge in [-0.25, -0.2) is 12.7 Å². The molecule has 0 radical (unpaired) electrons. The van der Waals surface area contributed by atoms with Gasteiger partial charge in [0, 0.05) is 45.8 Å². The van der Waals surface area contributed by atoms with Crippen LogP contribution in [-0.4, -0.2) is 81.7 Å². The van der Waals surface area contributed by atoms with Crippen molar-refractivity contribution in [3.63, 3.8) is 0 Å². The third kappa shape index (κ3) is 8.31. The van der Waals surface area contributed by atoms with Crippen LogP contribution in [-0.2, 0) is 10.0 Å². The molecule has 2 aliphatic rings. The van der Waals surface area contributed by atoms with Gasteiger partial charge in [-0.1, -0.05) is 13.8 Å². The van der Waals surface area contributed by atoms with Gasteiger partial charge in [-0.3, -0.25) is 4.99 Å². The number of guanidine groups is 1. The number of rotatable bonds is 7. The van der Waals surface area contributed by atoms with Crippen molar-refractivity contribution in [2.75, 3.05) is 52.1 Å². The number of likely N-dealkylation sites (tertiary alicyclic amines) is 1. The number of aliphatic imine (C=N–C) groups is 1. The molecular formula is C19H40IN5O2S. The van der Waals surface area contributed by atoms with E-state index in [9.17, 15) is 8.42 Å². The molecule has 0 aromatic heterocycles. The van der Waals surface area contributed by atoms with Crippen LogP contribution in [0.25, 0.3) is 0 Å². The maximum absolute atomic E-state index is 12.0. The fraction of sp³-hybridized carbons (Fsp3) is 0.947. The maximum Gasteiger partial charge on any atom is 0.213 e. The summed E-state index contributed by atoms with van der Waals surface area (Å²) in [5.41, 5.74) is 0. The van der Waals surface area contributed by atoms with Gasteiger partial charge in [-0.2, -0.15) is 0 Å². The molecule has 0 bridgehead atoms. The first kappa shape index (κ1) is 25.9. The smallest absolute Gasteiger partial charge is 0.213 e. The zero-order valence-corrected chi connectivity index (χ0v) is 21.1. The number of hydrogen-bond donors (Lipinski definition) is 2. The van der Waals surface area contributed by atoms with Gasteiger partial charge in [-0.15, -0.1) is 24.0 Å². The van der Waals surface area contributed by atoms with Crippen LogP contribution in [0.5, 0.6) is 0 Å². The third-order valence-corrected chi connectivity index (χ3v) is 7.44. The van der Waals surface area contributed by atoms with Crippen molar-refractivity contribution >= 4 is 40.0 Å². The first-order valence-corrected chi connectivity index (χ1v) is 12.1. The van der Waals surface area contributed by atoms with Gasteiger partial charge >= 0.3 is 0 Å². The lowest BCUT2D eigenvalue weighted by Crippen LogP contribution is -2.51. The monoisotopic (exact) mass is 529 g/mol. The van der Waals surface area contributed by atoms with Gasteiger partial charge in [0.05, 0.1) is 5.75 Å². The Morgan fingerprint density at radius 1 is 1.18 bits per heavy atom. The fourth-order valence-corrected chi connectivity index (χ4v) is 5.22. The molecule has 0 spiro atoms. The third-order valence-electron chi connectivity index (χ3n) is 5.56. The van der Waals surface area contributed by atoms with Gasteiger partial charge in [0.25, 0.3) is 0 Å². The summed E-state index contributed by atoms with van der Waals surface area (Å²) in [5, 5.41) is 6.98. The van der Waals surface area contributed by atoms with Gasteiger partial charge in [0.2, 0.25) is 10.0 Å². The van der Waals surface area contributed by atoms with E-state index in [2.05, 4.69) is 34.4 Å². The summed E-state index contributed by atoms with van der Waals surface area (Å²) in [6, 6.07) is 0.281. The minimum atomic E-state index is -3.06. The second-order valence-electron chi connectivity index (χ2n) is 8.33. The molecule has 2 N–H and O–H groups in total. The molecular weight excluding hydrogens is 489 g/mol. The topological polar surface area (TPSA) is 77.0 Å². The Morgan fingerprint density at radius 3 is 2.43 bits per heavy atom. The van der Waals surface area contributed by atoms with E-state index >= 15 is 0 Å². The van der Waals surface area contributed by atoms with Gasteiger partial charge in [0.1, 0.15) is 0 Å². The highest BCUT2D eigenvalue weighted by Gasteiger charge is 2.27. The number of nitrogens with one attached hydrogen (secondary N) is 2. The van der Waals surface area contributed by atoms with E-state index in [1.165, 1.54) is 25.9 Å². The highest BCUT2D eigenvalue weighted by molar-refractivity contribution is 14.0. The van der Waals surface area contributed by atoms with E-state index in [0.717, 1.165) is 31.9 Å². The van der Waals surface area contributed by atoms with Crippen molar-refractivity contribution in [1.29, 1.82) is 0 Å². The molecule has 2 aliphatic heterocycles. The molecule has 1 atom stereocenters. The Kier molecular flexibility index (Phi) is 11.6. The first-order chi connectivity index (χ1) is 12.8. The maximum atomic E-state index is 12.0. The highest BCUT2D eigenvalue weighted by atomic mass is 127. The normalized spacial score (nSPS) is 23.5. The van der Waals surface area contributed by atoms with Crippen LogP contribution in [0.2, 0.25) is 0 Å². The number of sulfonamides is 1. The first-order valence-electron chi connectivity index (χ1n) is 10.5. The number of nitrogens with zero attached hydrogens (tertiary/aromatic N) is 3. The van der Waals surface area contributed by atoms with Crippen molar-refractivity contribution in [1.82, 2.24) is 19.8 Å². The number of piperidine rings is 2. The molecule has 7 nitrogen and oxygen atoms in total. The molecule has 1 unspecified atom stereocenters. The summed E-state index contributed by atoms with van der Waals surface area (Å²) >= 11 is 0. The predicted molar refractivity (Wildman–Crippen MR) is 128 cm³/mol. The SMILES string of the molecule is CCS(=O)(=O)N1CCC(NC(=NC)NCC2CCCN(CC(C)C)C2)CC1.I. The van der Waals surface area contributed by atoms with Crippen LogP contribution in [0, 0.1) is 11.8 Å². The fourth-order valence-electron chi connectivity index (χ4n) is 4.09. The molecule has 0 aromatic carbocycles. The van der Waals surface area contributed by atoms with E-state index in [4.69, 9.17) is 0 Å². The van der Waals surface area contributed by atoms with E-state index in [1.54, 1.807) is 18.3 Å². The molecule has 2 heterocycles. The van der Waals surface area contributed by atoms with Gasteiger partial charge in [-0.05, 0) is 51.0 Å². The average Bonchev–Trinajstić information content (AvgIpc) is 2.65. The van der Waals surface area contributed by atoms with Crippen molar-refractivity contribution < 1.29 is 8.42 Å². The standard InChI is InChI=1S/C19H39N5O2S.HI/c1-5-27(25,26)24-11-8-18(9-12-24)22-19(20-4)21-13-17-7-6-10-23(15-17)14-16(2)3;/h16-18H,5-15H2,1-4H3,(H2,20,21,22);1H. The van der Waals surface area contributed by atoms with Crippen LogP contribution in [0.4, 0.5) is 0 Å². The minimum Gasteiger partial charge on any atom is -0.356 e. The Balaban J connectivity index is 0.00000392. The lowest BCUT2D eigenvalue weighted by molar-refractivity contribution is 0.159. The minimum absolute atomic E-state index is 0. The number of halogens is 1. The van der Waals surface area contributed by atoms with E-state index in [1.807, 2.05) is 0 Å². The van der Waals surface area contributed by atoms with E-state index in [0.29, 0.717) is 24.9 Å². The van der Waals surface area contributed by atoms with E-state index in [-0.39, 0.29) is 35.8 Å². The molecule has 0 saturated carbocycles. The summed E-state index contributed by atoms with van der Waals surface area (Å²) in [6.45, 7) is 12.0. The summed E-state index contributed by atoms with van der Waals surface area (Å²) in [7, 11) is -1.26. The van der Waals surface area contributed by atoms with Crippen molar-refractivity contribution in [3.05, 3.63) is 0 Å². The Morgan fingerprint density at radius 2 is 1.86 bits per heavy atom. The lowest BCUT2D eigenvalue weighted by atomic mass is 9.97. The Hall–Kier alpha value is -0.130. The Labute approximate surface area is 189 Å². The molecule has 2 fully saturated rings. The largest absolute Gasteiger partial charge is 0.356 e. The highest BCUT2D eigenvalue weighted by Crippen LogP contribution is 2.17. The quantitative estimate of drug-likeness (QED) is 0.300. The van der Waals surface area contributed by atoms with Crippen LogP contribution in [0.3, 0.4) is 0 Å². The molecule has 0 amide bonds. The zero-order chi connectivity index (χ0) is 19.9. The second-order valence-corrected chi connectivity index (χ2v) is 10.6. The summed E-state index contributed by atoms with van der Waals surface area (Å²) in [5.74, 6) is 2.40.